The van der Waals surface area contributed by atoms with Crippen LogP contribution < -0.4 is 5.73 Å². The van der Waals surface area contributed by atoms with Gasteiger partial charge in [0.2, 0.25) is 11.8 Å². The first-order valence-electron chi connectivity index (χ1n) is 6.08. The van der Waals surface area contributed by atoms with Gasteiger partial charge >= 0.3 is 0 Å². The number of rotatable bonds is 3. The van der Waals surface area contributed by atoms with Crippen molar-refractivity contribution in [2.45, 2.75) is 6.42 Å². The number of amides is 2. The minimum Gasteiger partial charge on any atom is -0.369 e. The molecule has 1 aromatic carbocycles. The molecule has 0 bridgehead atoms. The fourth-order valence-corrected chi connectivity index (χ4v) is 2.30. The van der Waals surface area contributed by atoms with Gasteiger partial charge in [-0.1, -0.05) is 28.1 Å². The van der Waals surface area contributed by atoms with E-state index in [1.54, 1.807) is 11.0 Å². The Hall–Kier alpha value is -1.62. The van der Waals surface area contributed by atoms with Crippen LogP contribution in [0.1, 0.15) is 12.0 Å². The normalized spacial score (nSPS) is 19.0. The quantitative estimate of drug-likeness (QED) is 0.862. The molecule has 0 aromatic heterocycles. The number of carbonyl (C=O) groups excluding carboxylic acids is 2. The Morgan fingerprint density at radius 3 is 2.58 bits per heavy atom. The highest BCUT2D eigenvalue weighted by molar-refractivity contribution is 9.10. The Bertz CT molecular complexity index is 511. The monoisotopic (exact) mass is 322 g/mol. The molecule has 2 N–H and O–H groups in total. The van der Waals surface area contributed by atoms with E-state index in [2.05, 4.69) is 15.9 Å². The highest BCUT2D eigenvalue weighted by Gasteiger charge is 2.28. The number of carbonyl (C=O) groups is 2. The van der Waals surface area contributed by atoms with Crippen LogP contribution in [0.3, 0.4) is 0 Å². The summed E-state index contributed by atoms with van der Waals surface area (Å²) in [6, 6.07) is 7.68. The molecule has 0 spiro atoms. The van der Waals surface area contributed by atoms with Gasteiger partial charge in [0.15, 0.2) is 0 Å². The summed E-state index contributed by atoms with van der Waals surface area (Å²) in [4.78, 5) is 24.6. The lowest BCUT2D eigenvalue weighted by atomic mass is 10.1. The minimum absolute atomic E-state index is 0.0772. The second-order valence-corrected chi connectivity index (χ2v) is 5.47. The highest BCUT2D eigenvalue weighted by atomic mass is 79.9. The van der Waals surface area contributed by atoms with Gasteiger partial charge in [-0.25, -0.2) is 0 Å². The summed E-state index contributed by atoms with van der Waals surface area (Å²) in [5, 5.41) is 0. The van der Waals surface area contributed by atoms with Gasteiger partial charge in [0, 0.05) is 23.6 Å². The van der Waals surface area contributed by atoms with Gasteiger partial charge < -0.3 is 10.6 Å². The zero-order valence-electron chi connectivity index (χ0n) is 10.4. The van der Waals surface area contributed by atoms with E-state index in [0.717, 1.165) is 10.0 Å². The molecule has 1 aromatic rings. The topological polar surface area (TPSA) is 63.4 Å². The Balaban J connectivity index is 1.94. The van der Waals surface area contributed by atoms with E-state index in [-0.39, 0.29) is 17.7 Å². The maximum atomic E-state index is 11.9. The van der Waals surface area contributed by atoms with Crippen LogP contribution >= 0.6 is 15.9 Å². The molecule has 1 heterocycles. The van der Waals surface area contributed by atoms with E-state index in [9.17, 15) is 9.59 Å². The first kappa shape index (κ1) is 13.8. The molecule has 5 heteroatoms. The van der Waals surface area contributed by atoms with Crippen molar-refractivity contribution in [1.82, 2.24) is 4.90 Å². The minimum atomic E-state index is -0.327. The van der Waals surface area contributed by atoms with Crippen LogP contribution in [-0.2, 0) is 9.59 Å². The number of hydrogen-bond acceptors (Lipinski definition) is 2. The lowest BCUT2D eigenvalue weighted by molar-refractivity contribution is -0.125. The highest BCUT2D eigenvalue weighted by Crippen LogP contribution is 2.16. The maximum Gasteiger partial charge on any atom is 0.246 e. The standard InChI is InChI=1S/C14H15BrN2O2/c15-12-4-1-10(2-5-12)3-6-13(18)17-8-7-11(9-17)14(16)19/h1-6,11H,7-9H2,(H2,16,19)/b6-3+/t11-/m0/s1. The zero-order valence-corrected chi connectivity index (χ0v) is 12.0. The fraction of sp³-hybridized carbons (Fsp3) is 0.286. The van der Waals surface area contributed by atoms with Crippen molar-refractivity contribution in [3.8, 4) is 0 Å². The first-order chi connectivity index (χ1) is 9.06. The summed E-state index contributed by atoms with van der Waals surface area (Å²) in [6.07, 6.45) is 3.96. The van der Waals surface area contributed by atoms with Crippen molar-refractivity contribution in [2.24, 2.45) is 11.7 Å². The smallest absolute Gasteiger partial charge is 0.246 e. The number of nitrogens with two attached hydrogens (primary N) is 1. The molecule has 100 valence electrons. The number of benzene rings is 1. The summed E-state index contributed by atoms with van der Waals surface area (Å²) in [6.45, 7) is 1.02. The molecule has 1 aliphatic heterocycles. The molecular formula is C14H15BrN2O2. The number of primary amides is 1. The van der Waals surface area contributed by atoms with E-state index >= 15 is 0 Å². The van der Waals surface area contributed by atoms with E-state index in [0.29, 0.717) is 19.5 Å². The van der Waals surface area contributed by atoms with Crippen LogP contribution in [-0.4, -0.2) is 29.8 Å². The van der Waals surface area contributed by atoms with Crippen LogP contribution in [0.4, 0.5) is 0 Å². The largest absolute Gasteiger partial charge is 0.369 e. The van der Waals surface area contributed by atoms with E-state index in [1.807, 2.05) is 24.3 Å². The predicted molar refractivity (Wildman–Crippen MR) is 77.1 cm³/mol. The molecule has 0 unspecified atom stereocenters. The van der Waals surface area contributed by atoms with Crippen LogP contribution in [0.25, 0.3) is 6.08 Å². The maximum absolute atomic E-state index is 11.9. The molecular weight excluding hydrogens is 308 g/mol. The molecule has 4 nitrogen and oxygen atoms in total. The van der Waals surface area contributed by atoms with Crippen LogP contribution in [0, 0.1) is 5.92 Å². The van der Waals surface area contributed by atoms with Crippen LogP contribution in [0.15, 0.2) is 34.8 Å². The summed E-state index contributed by atoms with van der Waals surface area (Å²) in [7, 11) is 0. The van der Waals surface area contributed by atoms with Gasteiger partial charge in [0.05, 0.1) is 5.92 Å². The van der Waals surface area contributed by atoms with Crippen molar-refractivity contribution in [1.29, 1.82) is 0 Å². The predicted octanol–water partition coefficient (Wildman–Crippen LogP) is 1.80. The molecule has 0 radical (unpaired) electrons. The Morgan fingerprint density at radius 1 is 1.32 bits per heavy atom. The molecule has 1 atom stereocenters. The number of halogens is 1. The van der Waals surface area contributed by atoms with E-state index < -0.39 is 0 Å². The Morgan fingerprint density at radius 2 is 2.00 bits per heavy atom. The molecule has 19 heavy (non-hydrogen) atoms. The third kappa shape index (κ3) is 3.67. The second kappa shape index (κ2) is 6.02. The summed E-state index contributed by atoms with van der Waals surface area (Å²) >= 11 is 3.36. The lowest BCUT2D eigenvalue weighted by Gasteiger charge is -2.13. The van der Waals surface area contributed by atoms with Crippen LogP contribution in [0.2, 0.25) is 0 Å². The summed E-state index contributed by atoms with van der Waals surface area (Å²) in [5.74, 6) is -0.608. The van der Waals surface area contributed by atoms with Crippen molar-refractivity contribution >= 4 is 33.8 Å². The van der Waals surface area contributed by atoms with Gasteiger partial charge in [0.1, 0.15) is 0 Å². The van der Waals surface area contributed by atoms with E-state index in [4.69, 9.17) is 5.73 Å². The molecule has 2 amide bonds. The van der Waals surface area contributed by atoms with Gasteiger partial charge in [-0.2, -0.15) is 0 Å². The van der Waals surface area contributed by atoms with Gasteiger partial charge in [0.25, 0.3) is 0 Å². The SMILES string of the molecule is NC(=O)[C@H]1CCN(C(=O)/C=C/c2ccc(Br)cc2)C1. The number of hydrogen-bond donors (Lipinski definition) is 1. The molecule has 1 aliphatic rings. The average molecular weight is 323 g/mol. The van der Waals surface area contributed by atoms with Crippen molar-refractivity contribution in [3.63, 3.8) is 0 Å². The summed E-state index contributed by atoms with van der Waals surface area (Å²) < 4.78 is 1.000. The van der Waals surface area contributed by atoms with E-state index in [1.165, 1.54) is 6.08 Å². The third-order valence-electron chi connectivity index (χ3n) is 3.19. The molecule has 0 saturated carbocycles. The Labute approximate surface area is 120 Å². The van der Waals surface area contributed by atoms with Gasteiger partial charge in [-0.3, -0.25) is 9.59 Å². The average Bonchev–Trinajstić information content (AvgIpc) is 2.87. The zero-order chi connectivity index (χ0) is 13.8. The molecule has 0 aliphatic carbocycles. The van der Waals surface area contributed by atoms with Crippen molar-refractivity contribution in [2.75, 3.05) is 13.1 Å². The van der Waals surface area contributed by atoms with Gasteiger partial charge in [-0.15, -0.1) is 0 Å². The number of nitrogens with zero attached hydrogens (tertiary/aromatic N) is 1. The lowest BCUT2D eigenvalue weighted by Crippen LogP contribution is -2.30. The third-order valence-corrected chi connectivity index (χ3v) is 3.72. The van der Waals surface area contributed by atoms with Gasteiger partial charge in [-0.05, 0) is 30.2 Å². The molecule has 1 saturated heterocycles. The Kier molecular flexibility index (Phi) is 4.37. The number of likely N-dealkylation sites (tertiary alicyclic amines) is 1. The van der Waals surface area contributed by atoms with Crippen molar-refractivity contribution in [3.05, 3.63) is 40.4 Å². The fourth-order valence-electron chi connectivity index (χ4n) is 2.04. The first-order valence-corrected chi connectivity index (χ1v) is 6.87. The molecule has 1 fully saturated rings. The second-order valence-electron chi connectivity index (χ2n) is 4.56. The van der Waals surface area contributed by atoms with Crippen LogP contribution in [0.5, 0.6) is 0 Å². The summed E-state index contributed by atoms with van der Waals surface area (Å²) in [5.41, 5.74) is 6.20. The van der Waals surface area contributed by atoms with Crippen molar-refractivity contribution < 1.29 is 9.59 Å². The molecule has 2 rings (SSSR count).